The second kappa shape index (κ2) is 5.71. The maximum atomic E-state index is 13.2. The molecule has 1 aromatic heterocycles. The summed E-state index contributed by atoms with van der Waals surface area (Å²) in [5.74, 6) is 0.395. The van der Waals surface area contributed by atoms with Gasteiger partial charge in [0.25, 0.3) is 0 Å². The minimum absolute atomic E-state index is 0.263. The molecular weight excluding hydrogens is 282 g/mol. The zero-order valence-electron chi connectivity index (χ0n) is 8.75. The molecule has 1 nitrogen and oxygen atoms in total. The topological polar surface area (TPSA) is 9.23 Å². The average molecular weight is 291 g/mol. The molecule has 0 N–H and O–H groups in total. The zero-order chi connectivity index (χ0) is 12.3. The third kappa shape index (κ3) is 3.60. The fraction of sp³-hybridized carbons (Fsp3) is 0.167. The van der Waals surface area contributed by atoms with Crippen LogP contribution in [0.5, 0.6) is 5.75 Å². The van der Waals surface area contributed by atoms with E-state index in [1.54, 1.807) is 12.1 Å². The quantitative estimate of drug-likeness (QED) is 0.731. The molecule has 0 saturated carbocycles. The van der Waals surface area contributed by atoms with Crippen LogP contribution in [-0.4, -0.2) is 0 Å². The van der Waals surface area contributed by atoms with Crippen molar-refractivity contribution >= 4 is 34.5 Å². The first-order chi connectivity index (χ1) is 8.17. The zero-order valence-corrected chi connectivity index (χ0v) is 11.1. The average Bonchev–Trinajstić information content (AvgIpc) is 2.72. The lowest BCUT2D eigenvalue weighted by Crippen LogP contribution is -1.94. The molecule has 0 fully saturated rings. The highest BCUT2D eigenvalue weighted by molar-refractivity contribution is 7.16. The second-order valence-corrected chi connectivity index (χ2v) is 5.49. The van der Waals surface area contributed by atoms with Crippen molar-refractivity contribution in [2.75, 3.05) is 0 Å². The Kier molecular flexibility index (Phi) is 4.26. The Labute approximate surface area is 113 Å². The monoisotopic (exact) mass is 290 g/mol. The highest BCUT2D eigenvalue weighted by Gasteiger charge is 2.03. The van der Waals surface area contributed by atoms with Crippen LogP contribution in [0.2, 0.25) is 4.34 Å². The summed E-state index contributed by atoms with van der Waals surface area (Å²) in [5.41, 5.74) is 0.700. The van der Waals surface area contributed by atoms with Gasteiger partial charge in [-0.3, -0.25) is 0 Å². The number of benzene rings is 1. The van der Waals surface area contributed by atoms with Crippen LogP contribution in [0.1, 0.15) is 10.4 Å². The number of halogens is 3. The maximum absolute atomic E-state index is 13.2. The van der Waals surface area contributed by atoms with Crippen LogP contribution in [0.3, 0.4) is 0 Å². The van der Waals surface area contributed by atoms with Crippen molar-refractivity contribution in [1.29, 1.82) is 0 Å². The van der Waals surface area contributed by atoms with Crippen molar-refractivity contribution < 1.29 is 9.13 Å². The van der Waals surface area contributed by atoms with Crippen molar-refractivity contribution in [2.24, 2.45) is 0 Å². The summed E-state index contributed by atoms with van der Waals surface area (Å²) >= 11 is 12.9. The van der Waals surface area contributed by atoms with Gasteiger partial charge in [-0.2, -0.15) is 0 Å². The lowest BCUT2D eigenvalue weighted by molar-refractivity contribution is 0.308. The van der Waals surface area contributed by atoms with Crippen LogP contribution >= 0.6 is 34.5 Å². The van der Waals surface area contributed by atoms with Gasteiger partial charge in [-0.05, 0) is 29.8 Å². The standard InChI is InChI=1S/C12H9Cl2FOS/c13-6-8-3-9(15)5-10(4-8)16-7-11-1-2-12(14)17-11/h1-5H,6-7H2. The van der Waals surface area contributed by atoms with E-state index >= 15 is 0 Å². The van der Waals surface area contributed by atoms with Gasteiger partial charge in [-0.15, -0.1) is 22.9 Å². The summed E-state index contributed by atoms with van der Waals surface area (Å²) in [4.78, 5) is 0.992. The number of hydrogen-bond donors (Lipinski definition) is 0. The fourth-order valence-electron chi connectivity index (χ4n) is 1.37. The maximum Gasteiger partial charge on any atom is 0.127 e. The molecule has 2 rings (SSSR count). The lowest BCUT2D eigenvalue weighted by atomic mass is 10.2. The molecule has 0 bridgehead atoms. The first kappa shape index (κ1) is 12.7. The van der Waals surface area contributed by atoms with E-state index < -0.39 is 0 Å². The number of hydrogen-bond acceptors (Lipinski definition) is 2. The molecule has 0 amide bonds. The molecule has 1 aromatic carbocycles. The minimum Gasteiger partial charge on any atom is -0.488 e. The van der Waals surface area contributed by atoms with E-state index in [2.05, 4.69) is 0 Å². The highest BCUT2D eigenvalue weighted by atomic mass is 35.5. The van der Waals surface area contributed by atoms with Gasteiger partial charge in [0.2, 0.25) is 0 Å². The Morgan fingerprint density at radius 1 is 1.24 bits per heavy atom. The van der Waals surface area contributed by atoms with Gasteiger partial charge < -0.3 is 4.74 Å². The van der Waals surface area contributed by atoms with Crippen LogP contribution in [0.15, 0.2) is 30.3 Å². The molecular formula is C12H9Cl2FOS. The van der Waals surface area contributed by atoms with E-state index in [1.165, 1.54) is 23.5 Å². The van der Waals surface area contributed by atoms with Gasteiger partial charge in [0.05, 0.1) is 4.34 Å². The van der Waals surface area contributed by atoms with Crippen molar-refractivity contribution in [2.45, 2.75) is 12.5 Å². The molecule has 0 atom stereocenters. The summed E-state index contributed by atoms with van der Waals surface area (Å²) in [6, 6.07) is 8.15. The predicted octanol–water partition coefficient (Wildman–Crippen LogP) is 4.86. The fourth-order valence-corrected chi connectivity index (χ4v) is 2.52. The van der Waals surface area contributed by atoms with Crippen LogP contribution < -0.4 is 4.74 Å². The summed E-state index contributed by atoms with van der Waals surface area (Å²) in [6.07, 6.45) is 0. The normalized spacial score (nSPS) is 10.5. The Morgan fingerprint density at radius 3 is 2.71 bits per heavy atom. The SMILES string of the molecule is Fc1cc(CCl)cc(OCc2ccc(Cl)s2)c1. The van der Waals surface area contributed by atoms with Crippen LogP contribution in [0.4, 0.5) is 4.39 Å². The number of alkyl halides is 1. The van der Waals surface area contributed by atoms with E-state index in [-0.39, 0.29) is 11.7 Å². The molecule has 0 saturated heterocycles. The van der Waals surface area contributed by atoms with Crippen molar-refractivity contribution in [3.63, 3.8) is 0 Å². The van der Waals surface area contributed by atoms with E-state index in [4.69, 9.17) is 27.9 Å². The third-order valence-corrected chi connectivity index (χ3v) is 3.61. The first-order valence-electron chi connectivity index (χ1n) is 4.90. The Morgan fingerprint density at radius 2 is 2.06 bits per heavy atom. The van der Waals surface area contributed by atoms with Gasteiger partial charge in [-0.25, -0.2) is 4.39 Å². The Balaban J connectivity index is 2.05. The number of ether oxygens (including phenoxy) is 1. The van der Waals surface area contributed by atoms with Crippen molar-refractivity contribution in [3.8, 4) is 5.75 Å². The van der Waals surface area contributed by atoms with E-state index in [0.29, 0.717) is 22.3 Å². The summed E-state index contributed by atoms with van der Waals surface area (Å²) < 4.78 is 19.4. The Hall–Kier alpha value is -0.770. The molecule has 2 aromatic rings. The van der Waals surface area contributed by atoms with E-state index in [9.17, 15) is 4.39 Å². The molecule has 0 radical (unpaired) electrons. The van der Waals surface area contributed by atoms with E-state index in [0.717, 1.165) is 4.88 Å². The molecule has 5 heteroatoms. The van der Waals surface area contributed by atoms with Crippen LogP contribution in [0, 0.1) is 5.82 Å². The molecule has 0 aliphatic heterocycles. The second-order valence-electron chi connectivity index (χ2n) is 3.42. The molecule has 0 unspecified atom stereocenters. The molecule has 1 heterocycles. The molecule has 0 spiro atoms. The van der Waals surface area contributed by atoms with Crippen molar-refractivity contribution in [1.82, 2.24) is 0 Å². The van der Waals surface area contributed by atoms with Gasteiger partial charge in [0.1, 0.15) is 18.2 Å². The smallest absolute Gasteiger partial charge is 0.127 e. The molecule has 17 heavy (non-hydrogen) atoms. The molecule has 0 aliphatic carbocycles. The van der Waals surface area contributed by atoms with Crippen molar-refractivity contribution in [3.05, 3.63) is 50.9 Å². The highest BCUT2D eigenvalue weighted by Crippen LogP contribution is 2.24. The lowest BCUT2D eigenvalue weighted by Gasteiger charge is -2.06. The number of rotatable bonds is 4. The minimum atomic E-state index is -0.345. The van der Waals surface area contributed by atoms with Gasteiger partial charge in [0.15, 0.2) is 0 Å². The molecule has 0 aliphatic rings. The third-order valence-electron chi connectivity index (χ3n) is 2.10. The van der Waals surface area contributed by atoms with Gasteiger partial charge in [-0.1, -0.05) is 11.6 Å². The van der Waals surface area contributed by atoms with Gasteiger partial charge >= 0.3 is 0 Å². The summed E-state index contributed by atoms with van der Waals surface area (Å²) in [6.45, 7) is 0.378. The van der Waals surface area contributed by atoms with Crippen LogP contribution in [-0.2, 0) is 12.5 Å². The van der Waals surface area contributed by atoms with Gasteiger partial charge in [0, 0.05) is 16.8 Å². The van der Waals surface area contributed by atoms with E-state index in [1.807, 2.05) is 6.07 Å². The molecule has 90 valence electrons. The Bertz CT molecular complexity index is 513. The summed E-state index contributed by atoms with van der Waals surface area (Å²) in [5, 5.41) is 0. The largest absolute Gasteiger partial charge is 0.488 e. The summed E-state index contributed by atoms with van der Waals surface area (Å²) in [7, 11) is 0. The first-order valence-corrected chi connectivity index (χ1v) is 6.63. The number of thiophene rings is 1. The predicted molar refractivity (Wildman–Crippen MR) is 69.6 cm³/mol. The van der Waals surface area contributed by atoms with Crippen LogP contribution in [0.25, 0.3) is 0 Å².